The highest BCUT2D eigenvalue weighted by atomic mass is 16.5. The standard InChI is InChI=1S/C20H23BN6O/c21-25-15-10-14(11-15)24-20-18(12-23-27-26-20)19(22)13-6-8-17(9-7-13)28-16-4-2-1-3-5-16/h1-9,12,14-15,19,23,25,27H,10-11,22H2,(H,24,26). The number of nitrogens with zero attached hydrogens (tertiary/aromatic N) is 1. The van der Waals surface area contributed by atoms with Crippen molar-refractivity contribution in [3.05, 3.63) is 71.9 Å². The van der Waals surface area contributed by atoms with E-state index in [1.54, 1.807) is 0 Å². The lowest BCUT2D eigenvalue weighted by Gasteiger charge is -2.34. The molecule has 1 unspecified atom stereocenters. The van der Waals surface area contributed by atoms with Crippen LogP contribution in [0.1, 0.15) is 24.4 Å². The molecule has 7 nitrogen and oxygen atoms in total. The summed E-state index contributed by atoms with van der Waals surface area (Å²) in [6.07, 6.45) is 3.68. The number of nitrogens with two attached hydrogens (primary N) is 1. The van der Waals surface area contributed by atoms with E-state index in [1.807, 2.05) is 60.8 Å². The van der Waals surface area contributed by atoms with Crippen molar-refractivity contribution in [3.8, 4) is 11.5 Å². The summed E-state index contributed by atoms with van der Waals surface area (Å²) >= 11 is 0. The van der Waals surface area contributed by atoms with Crippen LogP contribution in [0.4, 0.5) is 0 Å². The molecule has 142 valence electrons. The number of aliphatic imine (C=N–C) groups is 1. The molecule has 0 saturated heterocycles. The Balaban J connectivity index is 1.45. The van der Waals surface area contributed by atoms with Gasteiger partial charge in [-0.25, -0.2) is 0 Å². The second-order valence-electron chi connectivity index (χ2n) is 6.92. The summed E-state index contributed by atoms with van der Waals surface area (Å²) in [5, 5.41) is 2.78. The van der Waals surface area contributed by atoms with Crippen LogP contribution in [0, 0.1) is 0 Å². The number of amidine groups is 1. The molecule has 0 aromatic heterocycles. The maximum Gasteiger partial charge on any atom is 0.178 e. The normalized spacial score (nSPS) is 23.8. The van der Waals surface area contributed by atoms with E-state index >= 15 is 0 Å². The fourth-order valence-electron chi connectivity index (χ4n) is 3.25. The van der Waals surface area contributed by atoms with Gasteiger partial charge in [-0.3, -0.25) is 10.4 Å². The van der Waals surface area contributed by atoms with Gasteiger partial charge < -0.3 is 21.1 Å². The molecule has 1 saturated carbocycles. The summed E-state index contributed by atoms with van der Waals surface area (Å²) in [6.45, 7) is 0. The van der Waals surface area contributed by atoms with Gasteiger partial charge in [-0.15, -0.1) is 5.53 Å². The van der Waals surface area contributed by atoms with Gasteiger partial charge in [0.2, 0.25) is 0 Å². The van der Waals surface area contributed by atoms with Crippen LogP contribution in [-0.2, 0) is 0 Å². The van der Waals surface area contributed by atoms with Gasteiger partial charge >= 0.3 is 0 Å². The molecular formula is C20H23BN6O. The number of ether oxygens (including phenoxy) is 1. The lowest BCUT2D eigenvalue weighted by molar-refractivity contribution is 0.331. The Morgan fingerprint density at radius 2 is 1.79 bits per heavy atom. The number of hydrogen-bond acceptors (Lipinski definition) is 6. The van der Waals surface area contributed by atoms with E-state index in [4.69, 9.17) is 23.4 Å². The lowest BCUT2D eigenvalue weighted by atomic mass is 9.86. The third kappa shape index (κ3) is 4.19. The minimum Gasteiger partial charge on any atom is -0.457 e. The number of benzene rings is 2. The summed E-state index contributed by atoms with van der Waals surface area (Å²) in [5.74, 6) is 2.31. The van der Waals surface area contributed by atoms with Crippen molar-refractivity contribution in [1.29, 1.82) is 0 Å². The summed E-state index contributed by atoms with van der Waals surface area (Å²) in [5.41, 5.74) is 17.3. The SMILES string of the molecule is [B]NC1CC(N=C2NNNC=C2C(N)c2ccc(Oc3ccccc3)cc2)C1. The van der Waals surface area contributed by atoms with Gasteiger partial charge in [-0.2, -0.15) is 0 Å². The van der Waals surface area contributed by atoms with Crippen molar-refractivity contribution in [1.82, 2.24) is 21.6 Å². The second kappa shape index (κ2) is 8.47. The molecule has 1 aliphatic carbocycles. The molecule has 2 aromatic rings. The maximum atomic E-state index is 6.52. The molecule has 1 heterocycles. The fraction of sp³-hybridized carbons (Fsp3) is 0.250. The third-order valence-corrected chi connectivity index (χ3v) is 4.97. The zero-order valence-corrected chi connectivity index (χ0v) is 15.4. The van der Waals surface area contributed by atoms with Crippen LogP contribution in [0.2, 0.25) is 0 Å². The highest BCUT2D eigenvalue weighted by Gasteiger charge is 2.29. The van der Waals surface area contributed by atoms with Crippen molar-refractivity contribution in [3.63, 3.8) is 0 Å². The monoisotopic (exact) mass is 374 g/mol. The van der Waals surface area contributed by atoms with E-state index in [0.717, 1.165) is 41.3 Å². The zero-order chi connectivity index (χ0) is 19.3. The van der Waals surface area contributed by atoms with Crippen molar-refractivity contribution in [2.24, 2.45) is 10.7 Å². The Morgan fingerprint density at radius 1 is 1.07 bits per heavy atom. The van der Waals surface area contributed by atoms with Crippen LogP contribution < -0.4 is 32.1 Å². The minimum absolute atomic E-state index is 0.237. The second-order valence-corrected chi connectivity index (χ2v) is 6.92. The van der Waals surface area contributed by atoms with E-state index in [2.05, 4.69) is 21.6 Å². The molecule has 1 fully saturated rings. The quantitative estimate of drug-likeness (QED) is 0.493. The smallest absolute Gasteiger partial charge is 0.178 e. The van der Waals surface area contributed by atoms with Gasteiger partial charge in [0.25, 0.3) is 0 Å². The third-order valence-electron chi connectivity index (χ3n) is 4.97. The average Bonchev–Trinajstić information content (AvgIpc) is 2.71. The molecule has 1 atom stereocenters. The van der Waals surface area contributed by atoms with Gasteiger partial charge in [0.15, 0.2) is 7.98 Å². The first-order valence-corrected chi connectivity index (χ1v) is 9.32. The van der Waals surface area contributed by atoms with E-state index in [-0.39, 0.29) is 12.1 Å². The lowest BCUT2D eigenvalue weighted by Crippen LogP contribution is -2.52. The van der Waals surface area contributed by atoms with Crippen molar-refractivity contribution in [2.75, 3.05) is 0 Å². The summed E-state index contributed by atoms with van der Waals surface area (Å²) < 4.78 is 5.85. The number of hydrazine groups is 2. The topological polar surface area (TPSA) is 95.7 Å². The molecule has 4 rings (SSSR count). The van der Waals surface area contributed by atoms with Crippen LogP contribution in [0.3, 0.4) is 0 Å². The molecule has 2 radical (unpaired) electrons. The highest BCUT2D eigenvalue weighted by molar-refractivity contribution is 6.04. The first kappa shape index (κ1) is 18.6. The molecule has 8 heteroatoms. The van der Waals surface area contributed by atoms with E-state index in [1.165, 1.54) is 0 Å². The largest absolute Gasteiger partial charge is 0.457 e. The summed E-state index contributed by atoms with van der Waals surface area (Å²) in [4.78, 5) is 4.78. The highest BCUT2D eigenvalue weighted by Crippen LogP contribution is 2.27. The Labute approximate surface area is 165 Å². The van der Waals surface area contributed by atoms with Gasteiger partial charge in [-0.1, -0.05) is 30.3 Å². The number of nitrogens with one attached hydrogen (secondary N) is 4. The molecule has 0 spiro atoms. The molecule has 28 heavy (non-hydrogen) atoms. The number of hydrogen-bond donors (Lipinski definition) is 5. The first-order valence-electron chi connectivity index (χ1n) is 9.32. The molecule has 2 aliphatic rings. The number of rotatable bonds is 6. The van der Waals surface area contributed by atoms with Crippen LogP contribution in [0.25, 0.3) is 0 Å². The Hall–Kier alpha value is -2.81. The van der Waals surface area contributed by atoms with Gasteiger partial charge in [0, 0.05) is 11.8 Å². The summed E-state index contributed by atoms with van der Waals surface area (Å²) in [7, 11) is 5.46. The predicted octanol–water partition coefficient (Wildman–Crippen LogP) is 1.58. The zero-order valence-electron chi connectivity index (χ0n) is 15.4. The van der Waals surface area contributed by atoms with Gasteiger partial charge in [0.1, 0.15) is 17.3 Å². The number of para-hydroxylation sites is 1. The molecule has 1 aliphatic heterocycles. The average molecular weight is 374 g/mol. The maximum absolute atomic E-state index is 6.52. The van der Waals surface area contributed by atoms with Gasteiger partial charge in [-0.05, 0) is 48.7 Å². The van der Waals surface area contributed by atoms with Crippen molar-refractivity contribution < 1.29 is 4.74 Å². The van der Waals surface area contributed by atoms with Crippen LogP contribution in [0.15, 0.2) is 71.4 Å². The molecule has 0 amide bonds. The van der Waals surface area contributed by atoms with Gasteiger partial charge in [0.05, 0.1) is 12.1 Å². The Bertz CT molecular complexity index is 849. The summed E-state index contributed by atoms with van der Waals surface area (Å²) in [6, 6.07) is 17.7. The molecule has 6 N–H and O–H groups in total. The van der Waals surface area contributed by atoms with Crippen molar-refractivity contribution >= 4 is 13.8 Å². The minimum atomic E-state index is -0.324. The predicted molar refractivity (Wildman–Crippen MR) is 111 cm³/mol. The molecule has 2 aromatic carbocycles. The van der Waals surface area contributed by atoms with Crippen molar-refractivity contribution in [2.45, 2.75) is 31.0 Å². The van der Waals surface area contributed by atoms with E-state index in [0.29, 0.717) is 6.04 Å². The first-order chi connectivity index (χ1) is 13.7. The Kier molecular flexibility index (Phi) is 5.61. The van der Waals surface area contributed by atoms with Crippen LogP contribution in [0.5, 0.6) is 11.5 Å². The van der Waals surface area contributed by atoms with Crippen LogP contribution in [-0.4, -0.2) is 25.9 Å². The Morgan fingerprint density at radius 3 is 2.50 bits per heavy atom. The van der Waals surface area contributed by atoms with Crippen LogP contribution >= 0.6 is 0 Å². The van der Waals surface area contributed by atoms with E-state index < -0.39 is 0 Å². The molecule has 0 bridgehead atoms. The fourth-order valence-corrected chi connectivity index (χ4v) is 3.25. The van der Waals surface area contributed by atoms with E-state index in [9.17, 15) is 0 Å². The molecular weight excluding hydrogens is 351 g/mol.